The fourth-order valence-corrected chi connectivity index (χ4v) is 8.30. The van der Waals surface area contributed by atoms with Gasteiger partial charge in [-0.25, -0.2) is 8.42 Å². The molecule has 1 amide bonds. The number of thioether (sulfide) groups is 1. The van der Waals surface area contributed by atoms with Gasteiger partial charge in [0, 0.05) is 43.1 Å². The number of sulfonamides is 1. The van der Waals surface area contributed by atoms with Gasteiger partial charge in [0.15, 0.2) is 0 Å². The summed E-state index contributed by atoms with van der Waals surface area (Å²) in [6.07, 6.45) is 1.03. The van der Waals surface area contributed by atoms with Gasteiger partial charge in [-0.15, -0.1) is 11.8 Å². The molecular formula is C23H27N3O5S2. The van der Waals surface area contributed by atoms with Gasteiger partial charge in [-0.05, 0) is 50.8 Å². The van der Waals surface area contributed by atoms with E-state index in [1.54, 1.807) is 22.7 Å². The van der Waals surface area contributed by atoms with E-state index < -0.39 is 19.8 Å². The standard InChI is InChI=1S/C23H27N3O5S2/c1-16-13-17(2)21(18(3)14-16)33(30,31)24-9-7-23(8-10-24)25(11-12-32-23)22(27)19-5-4-6-20(15-19)26(28)29/h4-6,13-15H,7-12H2,1-3H3. The number of aryl methyl sites for hydroxylation is 3. The molecule has 176 valence electrons. The van der Waals surface area contributed by atoms with Crippen molar-refractivity contribution in [3.8, 4) is 0 Å². The first-order chi connectivity index (χ1) is 15.5. The van der Waals surface area contributed by atoms with Gasteiger partial charge in [0.1, 0.15) is 0 Å². The van der Waals surface area contributed by atoms with Crippen molar-refractivity contribution in [2.45, 2.75) is 43.4 Å². The van der Waals surface area contributed by atoms with E-state index in [4.69, 9.17) is 0 Å². The Hall–Kier alpha value is -2.43. The molecule has 0 aliphatic carbocycles. The van der Waals surface area contributed by atoms with Crippen LogP contribution in [0.15, 0.2) is 41.3 Å². The van der Waals surface area contributed by atoms with Crippen molar-refractivity contribution in [2.75, 3.05) is 25.4 Å². The summed E-state index contributed by atoms with van der Waals surface area (Å²) in [6, 6.07) is 9.55. The molecule has 1 spiro atoms. The van der Waals surface area contributed by atoms with Crippen LogP contribution in [-0.4, -0.2) is 58.7 Å². The van der Waals surface area contributed by atoms with Crippen molar-refractivity contribution < 1.29 is 18.1 Å². The molecule has 0 atom stereocenters. The van der Waals surface area contributed by atoms with Gasteiger partial charge >= 0.3 is 0 Å². The first-order valence-corrected chi connectivity index (χ1v) is 13.3. The molecule has 0 bridgehead atoms. The fourth-order valence-electron chi connectivity index (χ4n) is 5.00. The third-order valence-corrected chi connectivity index (χ3v) is 10.2. The summed E-state index contributed by atoms with van der Waals surface area (Å²) in [7, 11) is -3.65. The van der Waals surface area contributed by atoms with Gasteiger partial charge in [-0.2, -0.15) is 4.31 Å². The Labute approximate surface area is 198 Å². The fraction of sp³-hybridized carbons (Fsp3) is 0.435. The third-order valence-electron chi connectivity index (χ3n) is 6.43. The van der Waals surface area contributed by atoms with Gasteiger partial charge in [0.25, 0.3) is 11.6 Å². The lowest BCUT2D eigenvalue weighted by atomic mass is 10.0. The van der Waals surface area contributed by atoms with E-state index >= 15 is 0 Å². The van der Waals surface area contributed by atoms with Gasteiger partial charge in [0.05, 0.1) is 14.7 Å². The van der Waals surface area contributed by atoms with Crippen LogP contribution in [0, 0.1) is 30.9 Å². The van der Waals surface area contributed by atoms with Crippen molar-refractivity contribution in [1.29, 1.82) is 0 Å². The van der Waals surface area contributed by atoms with Crippen LogP contribution in [0.25, 0.3) is 0 Å². The summed E-state index contributed by atoms with van der Waals surface area (Å²) in [5.74, 6) is 0.508. The molecule has 2 aromatic rings. The zero-order chi connectivity index (χ0) is 24.0. The van der Waals surface area contributed by atoms with E-state index in [1.165, 1.54) is 22.5 Å². The van der Waals surface area contributed by atoms with Crippen molar-refractivity contribution in [3.63, 3.8) is 0 Å². The van der Waals surface area contributed by atoms with Gasteiger partial charge in [0.2, 0.25) is 10.0 Å². The molecule has 2 aliphatic heterocycles. The Morgan fingerprint density at radius 2 is 1.70 bits per heavy atom. The SMILES string of the molecule is Cc1cc(C)c(S(=O)(=O)N2CCC3(CC2)SCCN3C(=O)c2cccc([N+](=O)[O-])c2)c(C)c1. The molecule has 2 aliphatic rings. The summed E-state index contributed by atoms with van der Waals surface area (Å²) >= 11 is 1.67. The molecule has 0 N–H and O–H groups in total. The number of carbonyl (C=O) groups is 1. The molecule has 8 nitrogen and oxygen atoms in total. The van der Waals surface area contributed by atoms with Crippen LogP contribution in [0.3, 0.4) is 0 Å². The zero-order valence-electron chi connectivity index (χ0n) is 18.9. The van der Waals surface area contributed by atoms with Gasteiger partial charge < -0.3 is 4.90 Å². The van der Waals surface area contributed by atoms with E-state index in [9.17, 15) is 23.3 Å². The number of hydrogen-bond donors (Lipinski definition) is 0. The summed E-state index contributed by atoms with van der Waals surface area (Å²) in [5, 5.41) is 11.1. The second-order valence-corrected chi connectivity index (χ2v) is 12.0. The maximum atomic E-state index is 13.5. The van der Waals surface area contributed by atoms with Gasteiger partial charge in [-0.1, -0.05) is 23.8 Å². The number of nitrogens with zero attached hydrogens (tertiary/aromatic N) is 3. The molecule has 0 unspecified atom stereocenters. The lowest BCUT2D eigenvalue weighted by Crippen LogP contribution is -2.53. The molecule has 33 heavy (non-hydrogen) atoms. The number of carbonyl (C=O) groups excluding carboxylic acids is 1. The topological polar surface area (TPSA) is 101 Å². The van der Waals surface area contributed by atoms with Crippen molar-refractivity contribution in [1.82, 2.24) is 9.21 Å². The van der Waals surface area contributed by atoms with E-state index in [0.29, 0.717) is 37.4 Å². The van der Waals surface area contributed by atoms with Crippen LogP contribution < -0.4 is 0 Å². The molecule has 2 heterocycles. The minimum Gasteiger partial charge on any atom is -0.323 e. The lowest BCUT2D eigenvalue weighted by molar-refractivity contribution is -0.384. The largest absolute Gasteiger partial charge is 0.323 e. The maximum Gasteiger partial charge on any atom is 0.270 e. The number of rotatable bonds is 4. The van der Waals surface area contributed by atoms with Crippen LogP contribution in [0.1, 0.15) is 39.9 Å². The van der Waals surface area contributed by atoms with Crippen LogP contribution in [0.5, 0.6) is 0 Å². The molecule has 2 fully saturated rings. The van der Waals surface area contributed by atoms with E-state index in [1.807, 2.05) is 32.9 Å². The monoisotopic (exact) mass is 489 g/mol. The Morgan fingerprint density at radius 1 is 1.06 bits per heavy atom. The van der Waals surface area contributed by atoms with Gasteiger partial charge in [-0.3, -0.25) is 14.9 Å². The van der Waals surface area contributed by atoms with E-state index in [2.05, 4.69) is 0 Å². The molecule has 0 radical (unpaired) electrons. The Balaban J connectivity index is 1.55. The van der Waals surface area contributed by atoms with Crippen LogP contribution in [-0.2, 0) is 10.0 Å². The number of benzene rings is 2. The van der Waals surface area contributed by atoms with Crippen molar-refractivity contribution in [3.05, 3.63) is 68.8 Å². The number of non-ortho nitro benzene ring substituents is 1. The van der Waals surface area contributed by atoms with Crippen LogP contribution >= 0.6 is 11.8 Å². The molecular weight excluding hydrogens is 462 g/mol. The smallest absolute Gasteiger partial charge is 0.270 e. The highest BCUT2D eigenvalue weighted by atomic mass is 32.2. The first-order valence-electron chi connectivity index (χ1n) is 10.8. The number of hydrogen-bond acceptors (Lipinski definition) is 6. The minimum atomic E-state index is -3.65. The number of piperidine rings is 1. The highest BCUT2D eigenvalue weighted by Crippen LogP contribution is 2.45. The van der Waals surface area contributed by atoms with Crippen LogP contribution in [0.2, 0.25) is 0 Å². The second kappa shape index (κ2) is 8.73. The van der Waals surface area contributed by atoms with E-state index in [0.717, 1.165) is 22.4 Å². The number of amides is 1. The molecule has 2 saturated heterocycles. The minimum absolute atomic E-state index is 0.119. The summed E-state index contributed by atoms with van der Waals surface area (Å²) < 4.78 is 28.4. The van der Waals surface area contributed by atoms with E-state index in [-0.39, 0.29) is 17.2 Å². The van der Waals surface area contributed by atoms with Crippen molar-refractivity contribution in [2.24, 2.45) is 0 Å². The number of nitro groups is 1. The molecule has 10 heteroatoms. The lowest BCUT2D eigenvalue weighted by Gasteiger charge is -2.43. The van der Waals surface area contributed by atoms with Crippen molar-refractivity contribution >= 4 is 33.4 Å². The summed E-state index contributed by atoms with van der Waals surface area (Å²) in [6.45, 7) is 6.78. The second-order valence-electron chi connectivity index (χ2n) is 8.69. The third kappa shape index (κ3) is 4.27. The zero-order valence-corrected chi connectivity index (χ0v) is 20.5. The molecule has 0 saturated carbocycles. The average molecular weight is 490 g/mol. The van der Waals surface area contributed by atoms with Crippen LogP contribution in [0.4, 0.5) is 5.69 Å². The quantitative estimate of drug-likeness (QED) is 0.477. The summed E-state index contributed by atoms with van der Waals surface area (Å²) in [5.41, 5.74) is 2.67. The predicted octanol–water partition coefficient (Wildman–Crippen LogP) is 3.89. The normalized spacial score (nSPS) is 18.6. The number of nitro benzene ring substituents is 1. The molecule has 2 aromatic carbocycles. The first kappa shape index (κ1) is 23.7. The highest BCUT2D eigenvalue weighted by molar-refractivity contribution is 8.00. The Kier molecular flexibility index (Phi) is 6.28. The Morgan fingerprint density at radius 3 is 2.30 bits per heavy atom. The molecule has 0 aromatic heterocycles. The molecule has 4 rings (SSSR count). The average Bonchev–Trinajstić information content (AvgIpc) is 3.15. The Bertz CT molecular complexity index is 1200. The maximum absolute atomic E-state index is 13.5. The predicted molar refractivity (Wildman–Crippen MR) is 128 cm³/mol. The summed E-state index contributed by atoms with van der Waals surface area (Å²) in [4.78, 5) is 25.5. The highest BCUT2D eigenvalue weighted by Gasteiger charge is 2.48.